The van der Waals surface area contributed by atoms with Gasteiger partial charge in [-0.1, -0.05) is 55.6 Å². The molecule has 3 aliphatic rings. The number of nitrogens with one attached hydrogen (secondary N) is 1. The van der Waals surface area contributed by atoms with Crippen molar-refractivity contribution < 1.29 is 4.79 Å². The number of nitrogens with zero attached hydrogens (tertiary/aromatic N) is 3. The molecule has 4 rings (SSSR count). The van der Waals surface area contributed by atoms with Gasteiger partial charge in [0.05, 0.1) is 17.5 Å². The van der Waals surface area contributed by atoms with Gasteiger partial charge in [0.15, 0.2) is 5.17 Å². The van der Waals surface area contributed by atoms with E-state index in [9.17, 15) is 4.79 Å². The molecule has 25 heavy (non-hydrogen) atoms. The molecule has 1 aliphatic carbocycles. The molecule has 0 saturated heterocycles. The van der Waals surface area contributed by atoms with Crippen LogP contribution in [-0.2, 0) is 4.79 Å². The van der Waals surface area contributed by atoms with E-state index < -0.39 is 0 Å². The van der Waals surface area contributed by atoms with Crippen molar-refractivity contribution >= 4 is 34.7 Å². The number of amides is 1. The van der Waals surface area contributed by atoms with Gasteiger partial charge in [-0.3, -0.25) is 4.79 Å². The Bertz CT molecular complexity index is 694. The second-order valence-corrected chi connectivity index (χ2v) is 7.83. The molecule has 1 saturated carbocycles. The molecule has 132 valence electrons. The molecule has 1 amide bonds. The van der Waals surface area contributed by atoms with Gasteiger partial charge in [-0.15, -0.1) is 0 Å². The van der Waals surface area contributed by atoms with E-state index in [1.807, 2.05) is 29.4 Å². The maximum Gasteiger partial charge on any atom is 0.230 e. The number of rotatable bonds is 3. The van der Waals surface area contributed by atoms with Gasteiger partial charge < -0.3 is 5.32 Å². The normalized spacial score (nSPS) is 22.8. The van der Waals surface area contributed by atoms with Crippen molar-refractivity contribution in [3.8, 4) is 0 Å². The van der Waals surface area contributed by atoms with Gasteiger partial charge in [-0.05, 0) is 18.9 Å². The zero-order valence-corrected chi connectivity index (χ0v) is 15.2. The van der Waals surface area contributed by atoms with E-state index in [1.165, 1.54) is 43.0 Å². The van der Waals surface area contributed by atoms with Gasteiger partial charge in [-0.2, -0.15) is 5.10 Å². The third-order valence-corrected chi connectivity index (χ3v) is 6.03. The molecule has 1 aromatic carbocycles. The predicted octanol–water partition coefficient (Wildman–Crippen LogP) is 3.99. The fourth-order valence-corrected chi connectivity index (χ4v) is 4.62. The van der Waals surface area contributed by atoms with Crippen LogP contribution in [0.25, 0.3) is 0 Å². The van der Waals surface area contributed by atoms with Crippen LogP contribution in [0.15, 0.2) is 34.4 Å². The van der Waals surface area contributed by atoms with Crippen molar-refractivity contribution in [1.29, 1.82) is 0 Å². The number of hydrogen-bond donors (Lipinski definition) is 1. The highest BCUT2D eigenvalue weighted by atomic mass is 32.2. The van der Waals surface area contributed by atoms with E-state index in [2.05, 4.69) is 16.5 Å². The number of para-hydroxylation sites is 1. The quantitative estimate of drug-likeness (QED) is 0.833. The van der Waals surface area contributed by atoms with Gasteiger partial charge in [-0.25, -0.2) is 10.0 Å². The molecule has 0 spiro atoms. The summed E-state index contributed by atoms with van der Waals surface area (Å²) >= 11 is 1.49. The summed E-state index contributed by atoms with van der Waals surface area (Å²) in [6.45, 7) is 0. The van der Waals surface area contributed by atoms with Crippen molar-refractivity contribution in [2.45, 2.75) is 57.0 Å². The van der Waals surface area contributed by atoms with Crippen LogP contribution >= 0.6 is 11.8 Å². The number of hydrogen-bond acceptors (Lipinski definition) is 5. The summed E-state index contributed by atoms with van der Waals surface area (Å²) in [5.74, 6) is 0.508. The first-order chi connectivity index (χ1) is 12.3. The fourth-order valence-electron chi connectivity index (χ4n) is 3.80. The number of carbonyl (C=O) groups excluding carboxylic acids is 1. The van der Waals surface area contributed by atoms with Crippen LogP contribution in [-0.4, -0.2) is 34.1 Å². The lowest BCUT2D eigenvalue weighted by atomic mass is 10.0. The van der Waals surface area contributed by atoms with Crippen LogP contribution in [0.4, 0.5) is 5.69 Å². The third kappa shape index (κ3) is 3.73. The monoisotopic (exact) mass is 356 g/mol. The number of amidine groups is 1. The Morgan fingerprint density at radius 1 is 1.20 bits per heavy atom. The van der Waals surface area contributed by atoms with Crippen LogP contribution in [0.3, 0.4) is 0 Å². The van der Waals surface area contributed by atoms with Crippen LogP contribution < -0.4 is 5.32 Å². The Morgan fingerprint density at radius 3 is 2.84 bits per heavy atom. The van der Waals surface area contributed by atoms with Gasteiger partial charge in [0, 0.05) is 24.2 Å². The molecule has 0 bridgehead atoms. The standard InChI is InChI=1S/C19H24N4OS/c24-18(21-14-7-3-1-2-4-8-14)13-25-19-22-16-10-6-5-9-15(16)17-11-12-20-23(17)19/h5-6,9-10,12,14,17H,1-4,7-8,11,13H2,(H,21,24). The predicted molar refractivity (Wildman–Crippen MR) is 103 cm³/mol. The molecule has 0 radical (unpaired) electrons. The molecule has 2 aliphatic heterocycles. The molecule has 1 unspecified atom stereocenters. The second kappa shape index (κ2) is 7.60. The first-order valence-corrected chi connectivity index (χ1v) is 10.2. The number of fused-ring (bicyclic) bond motifs is 3. The third-order valence-electron chi connectivity index (χ3n) is 5.09. The highest BCUT2D eigenvalue weighted by Crippen LogP contribution is 2.40. The summed E-state index contributed by atoms with van der Waals surface area (Å²) in [6.07, 6.45) is 10.1. The summed E-state index contributed by atoms with van der Waals surface area (Å²) in [5.41, 5.74) is 2.22. The molecule has 1 fully saturated rings. The minimum Gasteiger partial charge on any atom is -0.353 e. The first kappa shape index (κ1) is 16.6. The van der Waals surface area contributed by atoms with Crippen molar-refractivity contribution in [1.82, 2.24) is 10.3 Å². The van der Waals surface area contributed by atoms with Crippen LogP contribution in [0.1, 0.15) is 56.6 Å². The molecule has 5 nitrogen and oxygen atoms in total. The van der Waals surface area contributed by atoms with E-state index in [1.54, 1.807) is 0 Å². The average Bonchev–Trinajstić information content (AvgIpc) is 2.99. The van der Waals surface area contributed by atoms with E-state index in [4.69, 9.17) is 4.99 Å². The van der Waals surface area contributed by atoms with Crippen molar-refractivity contribution in [2.75, 3.05) is 5.75 Å². The van der Waals surface area contributed by atoms with Gasteiger partial charge in [0.25, 0.3) is 0 Å². The first-order valence-electron chi connectivity index (χ1n) is 9.23. The highest BCUT2D eigenvalue weighted by Gasteiger charge is 2.32. The molecule has 1 N–H and O–H groups in total. The lowest BCUT2D eigenvalue weighted by Crippen LogP contribution is -2.36. The van der Waals surface area contributed by atoms with Crippen molar-refractivity contribution in [2.24, 2.45) is 10.1 Å². The van der Waals surface area contributed by atoms with E-state index in [0.717, 1.165) is 30.1 Å². The van der Waals surface area contributed by atoms with Crippen LogP contribution in [0.5, 0.6) is 0 Å². The Labute approximate surface area is 153 Å². The summed E-state index contributed by atoms with van der Waals surface area (Å²) in [7, 11) is 0. The van der Waals surface area contributed by atoms with Crippen LogP contribution in [0, 0.1) is 0 Å². The Hall–Kier alpha value is -1.82. The zero-order valence-electron chi connectivity index (χ0n) is 14.4. The average molecular weight is 356 g/mol. The summed E-state index contributed by atoms with van der Waals surface area (Å²) in [5, 5.41) is 10.5. The number of aliphatic imine (C=N–C) groups is 1. The van der Waals surface area contributed by atoms with Crippen LogP contribution in [0.2, 0.25) is 0 Å². The SMILES string of the molecule is O=C(CSC1=Nc2ccccc2C2CC=NN12)NC1CCCCCC1. The molecule has 1 aromatic rings. The van der Waals surface area contributed by atoms with E-state index in [0.29, 0.717) is 11.8 Å². The topological polar surface area (TPSA) is 57.1 Å². The van der Waals surface area contributed by atoms with Gasteiger partial charge in [0.2, 0.25) is 5.91 Å². The molecular weight excluding hydrogens is 332 g/mol. The Kier molecular flexibility index (Phi) is 5.06. The lowest BCUT2D eigenvalue weighted by molar-refractivity contribution is -0.119. The molecule has 0 aromatic heterocycles. The molecular formula is C19H24N4OS. The van der Waals surface area contributed by atoms with Gasteiger partial charge in [0.1, 0.15) is 0 Å². The number of hydrazone groups is 1. The number of carbonyl (C=O) groups is 1. The van der Waals surface area contributed by atoms with Crippen molar-refractivity contribution in [3.63, 3.8) is 0 Å². The second-order valence-electron chi connectivity index (χ2n) is 6.89. The highest BCUT2D eigenvalue weighted by molar-refractivity contribution is 8.14. The van der Waals surface area contributed by atoms with Gasteiger partial charge >= 0.3 is 0 Å². The summed E-state index contributed by atoms with van der Waals surface area (Å²) in [4.78, 5) is 17.1. The smallest absolute Gasteiger partial charge is 0.230 e. The number of thioether (sulfide) groups is 1. The maximum atomic E-state index is 12.4. The van der Waals surface area contributed by atoms with Crippen molar-refractivity contribution in [3.05, 3.63) is 29.8 Å². The van der Waals surface area contributed by atoms with E-state index in [-0.39, 0.29) is 11.9 Å². The molecule has 2 heterocycles. The zero-order chi connectivity index (χ0) is 17.1. The number of benzene rings is 1. The summed E-state index contributed by atoms with van der Waals surface area (Å²) < 4.78 is 0. The largest absolute Gasteiger partial charge is 0.353 e. The van der Waals surface area contributed by atoms with E-state index >= 15 is 0 Å². The summed E-state index contributed by atoms with van der Waals surface area (Å²) in [6, 6.07) is 8.78. The minimum absolute atomic E-state index is 0.109. The Balaban J connectivity index is 1.39. The maximum absolute atomic E-state index is 12.4. The molecule has 6 heteroatoms. The lowest BCUT2D eigenvalue weighted by Gasteiger charge is -2.29. The Morgan fingerprint density at radius 2 is 2.00 bits per heavy atom. The minimum atomic E-state index is 0.109. The fraction of sp³-hybridized carbons (Fsp3) is 0.526. The molecule has 1 atom stereocenters.